The fourth-order valence-electron chi connectivity index (χ4n) is 0.512. The van der Waals surface area contributed by atoms with E-state index in [2.05, 4.69) is 34.1 Å². The van der Waals surface area contributed by atoms with Crippen LogP contribution < -0.4 is 0 Å². The SMILES string of the molecule is C[CH-]C(C)=C(C)[C](C)=[Zr]. The van der Waals surface area contributed by atoms with Crippen LogP contribution in [0.1, 0.15) is 27.7 Å². The molecule has 0 bridgehead atoms. The Morgan fingerprint density at radius 1 is 1.22 bits per heavy atom. The number of rotatable bonds is 2. The van der Waals surface area contributed by atoms with Gasteiger partial charge in [-0.25, -0.2) is 0 Å². The van der Waals surface area contributed by atoms with Crippen LogP contribution in [0.3, 0.4) is 0 Å². The summed E-state index contributed by atoms with van der Waals surface area (Å²) in [6.45, 7) is 8.60. The summed E-state index contributed by atoms with van der Waals surface area (Å²) >= 11 is 1.53. The van der Waals surface area contributed by atoms with Crippen molar-refractivity contribution in [2.24, 2.45) is 0 Å². The fraction of sp³-hybridized carbons (Fsp3) is 0.500. The molecule has 0 aliphatic carbocycles. The molecule has 0 rings (SSSR count). The summed E-state index contributed by atoms with van der Waals surface area (Å²) in [5.41, 5.74) is 2.86. The average Bonchev–Trinajstić information content (AvgIpc) is 1.84. The van der Waals surface area contributed by atoms with Gasteiger partial charge in [0.25, 0.3) is 0 Å². The predicted molar refractivity (Wildman–Crippen MR) is 39.0 cm³/mol. The molecule has 0 saturated heterocycles. The van der Waals surface area contributed by atoms with Gasteiger partial charge < -0.3 is 0 Å². The molecule has 0 radical (unpaired) electrons. The zero-order chi connectivity index (χ0) is 7.44. The van der Waals surface area contributed by atoms with E-state index in [9.17, 15) is 0 Å². The van der Waals surface area contributed by atoms with E-state index in [-0.39, 0.29) is 0 Å². The zero-order valence-corrected chi connectivity index (χ0v) is 9.04. The van der Waals surface area contributed by atoms with Gasteiger partial charge >= 0.3 is 72.7 Å². The summed E-state index contributed by atoms with van der Waals surface area (Å²) in [5, 5.41) is 0. The third-order valence-electron chi connectivity index (χ3n) is 1.59. The topological polar surface area (TPSA) is 0 Å². The van der Waals surface area contributed by atoms with Crippen molar-refractivity contribution in [2.45, 2.75) is 27.7 Å². The second-order valence-corrected chi connectivity index (χ2v) is 4.07. The van der Waals surface area contributed by atoms with Crippen molar-refractivity contribution in [3.8, 4) is 0 Å². The van der Waals surface area contributed by atoms with Crippen molar-refractivity contribution in [3.05, 3.63) is 17.6 Å². The van der Waals surface area contributed by atoms with Crippen LogP contribution in [-0.2, 0) is 24.2 Å². The van der Waals surface area contributed by atoms with Gasteiger partial charge in [-0.05, 0) is 0 Å². The first-order valence-corrected chi connectivity index (χ1v) is 4.35. The monoisotopic (exact) mass is 199 g/mol. The predicted octanol–water partition coefficient (Wildman–Crippen LogP) is 2.29. The second kappa shape index (κ2) is 4.22. The Hall–Kier alpha value is 0.363. The second-order valence-electron chi connectivity index (χ2n) is 2.22. The molecule has 0 fully saturated rings. The van der Waals surface area contributed by atoms with Gasteiger partial charge in [-0.15, -0.1) is 0 Å². The fourth-order valence-corrected chi connectivity index (χ4v) is 0.997. The minimum absolute atomic E-state index is 1.41. The number of allylic oxidation sites excluding steroid dienone is 2. The quantitative estimate of drug-likeness (QED) is 0.600. The van der Waals surface area contributed by atoms with Gasteiger partial charge in [0, 0.05) is 0 Å². The Balaban J connectivity index is 4.28. The van der Waals surface area contributed by atoms with Crippen LogP contribution in [0.25, 0.3) is 0 Å². The van der Waals surface area contributed by atoms with Crippen LogP contribution in [0.5, 0.6) is 0 Å². The molecule has 0 aromatic heterocycles. The molecule has 0 nitrogen and oxygen atoms in total. The van der Waals surface area contributed by atoms with Crippen molar-refractivity contribution < 1.29 is 24.2 Å². The summed E-state index contributed by atoms with van der Waals surface area (Å²) in [6, 6.07) is 0. The van der Waals surface area contributed by atoms with Gasteiger partial charge in [0.2, 0.25) is 0 Å². The van der Waals surface area contributed by atoms with Gasteiger partial charge in [-0.1, -0.05) is 0 Å². The van der Waals surface area contributed by atoms with E-state index in [1.165, 1.54) is 38.6 Å². The molecule has 0 amide bonds. The minimum atomic E-state index is 1.41. The summed E-state index contributed by atoms with van der Waals surface area (Å²) in [7, 11) is 0. The van der Waals surface area contributed by atoms with Crippen LogP contribution in [0.4, 0.5) is 0 Å². The Labute approximate surface area is 72.7 Å². The first-order valence-electron chi connectivity index (χ1n) is 3.12. The third kappa shape index (κ3) is 3.15. The van der Waals surface area contributed by atoms with Gasteiger partial charge in [0.05, 0.1) is 0 Å². The van der Waals surface area contributed by atoms with Crippen LogP contribution in [-0.4, -0.2) is 3.21 Å². The van der Waals surface area contributed by atoms with Crippen molar-refractivity contribution in [3.63, 3.8) is 0 Å². The van der Waals surface area contributed by atoms with Gasteiger partial charge in [0.15, 0.2) is 0 Å². The molecule has 1 heteroatoms. The van der Waals surface area contributed by atoms with Crippen molar-refractivity contribution in [2.75, 3.05) is 0 Å². The normalized spacial score (nSPS) is 12.3. The van der Waals surface area contributed by atoms with E-state index in [0.29, 0.717) is 0 Å². The Kier molecular flexibility index (Phi) is 4.39. The molecular formula is C8H13Zr-. The number of hydrogen-bond donors (Lipinski definition) is 0. The maximum atomic E-state index is 2.18. The molecular weight excluding hydrogens is 187 g/mol. The Morgan fingerprint density at radius 3 is 1.78 bits per heavy atom. The molecule has 0 aromatic rings. The first-order chi connectivity index (χ1) is 4.09. The molecule has 0 spiro atoms. The van der Waals surface area contributed by atoms with Crippen LogP contribution >= 0.6 is 0 Å². The average molecular weight is 200 g/mol. The van der Waals surface area contributed by atoms with Gasteiger partial charge in [0.1, 0.15) is 0 Å². The van der Waals surface area contributed by atoms with Crippen LogP contribution in [0.2, 0.25) is 0 Å². The molecule has 0 saturated carbocycles. The van der Waals surface area contributed by atoms with Crippen molar-refractivity contribution >= 4 is 3.21 Å². The van der Waals surface area contributed by atoms with E-state index in [0.717, 1.165) is 0 Å². The Morgan fingerprint density at radius 2 is 1.67 bits per heavy atom. The van der Waals surface area contributed by atoms with Crippen molar-refractivity contribution in [1.82, 2.24) is 0 Å². The molecule has 50 valence electrons. The van der Waals surface area contributed by atoms with E-state index < -0.39 is 0 Å². The van der Waals surface area contributed by atoms with Crippen LogP contribution in [0, 0.1) is 6.42 Å². The summed E-state index contributed by atoms with van der Waals surface area (Å²) in [6.07, 6.45) is 2.16. The molecule has 0 aliphatic heterocycles. The molecule has 0 heterocycles. The molecule has 0 N–H and O–H groups in total. The van der Waals surface area contributed by atoms with E-state index >= 15 is 0 Å². The van der Waals surface area contributed by atoms with Crippen molar-refractivity contribution in [1.29, 1.82) is 0 Å². The Bertz CT molecular complexity index is 143. The maximum absolute atomic E-state index is 2.18. The summed E-state index contributed by atoms with van der Waals surface area (Å²) < 4.78 is 1.50. The van der Waals surface area contributed by atoms with Gasteiger partial charge in [-0.2, -0.15) is 0 Å². The standard InChI is InChI=1S/C8H13.Zr/c1-5-7(3)8(4)6-2;/h5H,1-4H3;/q-1;. The molecule has 0 atom stereocenters. The van der Waals surface area contributed by atoms with Gasteiger partial charge in [-0.3, -0.25) is 0 Å². The zero-order valence-electron chi connectivity index (χ0n) is 6.58. The molecule has 9 heavy (non-hydrogen) atoms. The van der Waals surface area contributed by atoms with E-state index in [1.54, 1.807) is 0 Å². The summed E-state index contributed by atoms with van der Waals surface area (Å²) in [4.78, 5) is 0. The first kappa shape index (κ1) is 9.36. The summed E-state index contributed by atoms with van der Waals surface area (Å²) in [5.74, 6) is 0. The molecule has 0 aliphatic rings. The third-order valence-corrected chi connectivity index (χ3v) is 2.51. The number of hydrogen-bond acceptors (Lipinski definition) is 0. The van der Waals surface area contributed by atoms with E-state index in [1.807, 2.05) is 0 Å². The van der Waals surface area contributed by atoms with E-state index in [4.69, 9.17) is 0 Å². The van der Waals surface area contributed by atoms with Crippen LogP contribution in [0.15, 0.2) is 11.1 Å². The molecule has 0 aromatic carbocycles. The molecule has 0 unspecified atom stereocenters.